The molecular weight excluding hydrogens is 488 g/mol. The summed E-state index contributed by atoms with van der Waals surface area (Å²) in [6.45, 7) is 0. The SMILES string of the molecule is c1cncc(-c2ccnc(-n3c4ccccc4c4cc5c6ccccc6c6cc7ccccc7n6c5cc43)c2)c1. The van der Waals surface area contributed by atoms with Crippen molar-refractivity contribution in [1.82, 2.24) is 18.9 Å². The van der Waals surface area contributed by atoms with E-state index in [2.05, 4.69) is 117 Å². The minimum atomic E-state index is 0.890. The van der Waals surface area contributed by atoms with Gasteiger partial charge in [-0.1, -0.05) is 66.7 Å². The highest BCUT2D eigenvalue weighted by Crippen LogP contribution is 2.39. The van der Waals surface area contributed by atoms with Crippen molar-refractivity contribution in [2.24, 2.45) is 0 Å². The van der Waals surface area contributed by atoms with Crippen LogP contribution in [0.5, 0.6) is 0 Å². The first kappa shape index (κ1) is 21.5. The highest BCUT2D eigenvalue weighted by atomic mass is 15.1. The van der Waals surface area contributed by atoms with Crippen molar-refractivity contribution in [3.8, 4) is 16.9 Å². The molecule has 5 heterocycles. The van der Waals surface area contributed by atoms with Gasteiger partial charge >= 0.3 is 0 Å². The van der Waals surface area contributed by atoms with Crippen LogP contribution in [-0.4, -0.2) is 18.9 Å². The van der Waals surface area contributed by atoms with Gasteiger partial charge in [-0.2, -0.15) is 0 Å². The summed E-state index contributed by atoms with van der Waals surface area (Å²) >= 11 is 0. The lowest BCUT2D eigenvalue weighted by Gasteiger charge is -2.12. The van der Waals surface area contributed by atoms with Gasteiger partial charge in [-0.05, 0) is 59.5 Å². The summed E-state index contributed by atoms with van der Waals surface area (Å²) < 4.78 is 4.73. The second-order valence-corrected chi connectivity index (χ2v) is 10.4. The molecule has 186 valence electrons. The monoisotopic (exact) mass is 510 g/mol. The molecule has 0 aliphatic carbocycles. The van der Waals surface area contributed by atoms with Gasteiger partial charge in [0.1, 0.15) is 5.82 Å². The lowest BCUT2D eigenvalue weighted by Crippen LogP contribution is -1.98. The standard InChI is InChI=1S/C36H22N4/c1-5-13-31-24(8-1)18-33-27-11-3-2-10-26(27)29-20-30-28-12-4-6-14-32(28)40(35(30)21-34(29)39(31)33)36-19-23(15-17-38-36)25-9-7-16-37-22-25/h1-22H. The molecule has 0 spiro atoms. The average molecular weight is 511 g/mol. The minimum Gasteiger partial charge on any atom is -0.309 e. The molecule has 0 fully saturated rings. The fourth-order valence-electron chi connectivity index (χ4n) is 6.46. The summed E-state index contributed by atoms with van der Waals surface area (Å²) in [6, 6.07) is 41.4. The first-order valence-corrected chi connectivity index (χ1v) is 13.5. The molecule has 5 aromatic heterocycles. The van der Waals surface area contributed by atoms with Crippen molar-refractivity contribution in [2.75, 3.05) is 0 Å². The van der Waals surface area contributed by atoms with Gasteiger partial charge in [0.15, 0.2) is 0 Å². The van der Waals surface area contributed by atoms with Crippen molar-refractivity contribution < 1.29 is 0 Å². The third-order valence-corrected chi connectivity index (χ3v) is 8.20. The Morgan fingerprint density at radius 3 is 2.02 bits per heavy atom. The van der Waals surface area contributed by atoms with Gasteiger partial charge in [-0.3, -0.25) is 9.55 Å². The van der Waals surface area contributed by atoms with Crippen molar-refractivity contribution in [3.05, 3.63) is 134 Å². The maximum absolute atomic E-state index is 4.88. The molecule has 0 N–H and O–H groups in total. The van der Waals surface area contributed by atoms with Crippen LogP contribution in [0.2, 0.25) is 0 Å². The average Bonchev–Trinajstić information content (AvgIpc) is 3.57. The van der Waals surface area contributed by atoms with E-state index in [9.17, 15) is 0 Å². The van der Waals surface area contributed by atoms with Crippen molar-refractivity contribution in [1.29, 1.82) is 0 Å². The Morgan fingerprint density at radius 1 is 0.450 bits per heavy atom. The maximum Gasteiger partial charge on any atom is 0.138 e. The fourth-order valence-corrected chi connectivity index (χ4v) is 6.46. The summed E-state index contributed by atoms with van der Waals surface area (Å²) in [7, 11) is 0. The zero-order valence-corrected chi connectivity index (χ0v) is 21.5. The Morgan fingerprint density at radius 2 is 1.18 bits per heavy atom. The van der Waals surface area contributed by atoms with Crippen LogP contribution in [0.4, 0.5) is 0 Å². The first-order chi connectivity index (χ1) is 19.8. The highest BCUT2D eigenvalue weighted by molar-refractivity contribution is 6.21. The van der Waals surface area contributed by atoms with E-state index in [0.29, 0.717) is 0 Å². The maximum atomic E-state index is 4.88. The van der Waals surface area contributed by atoms with Crippen molar-refractivity contribution >= 4 is 59.9 Å². The Kier molecular flexibility index (Phi) is 4.30. The van der Waals surface area contributed by atoms with E-state index < -0.39 is 0 Å². The predicted molar refractivity (Wildman–Crippen MR) is 165 cm³/mol. The number of hydrogen-bond acceptors (Lipinski definition) is 2. The zero-order chi connectivity index (χ0) is 26.2. The number of para-hydroxylation sites is 2. The Bertz CT molecular complexity index is 2430. The molecule has 0 amide bonds. The number of nitrogens with zero attached hydrogens (tertiary/aromatic N) is 4. The van der Waals surface area contributed by atoms with Crippen LogP contribution in [0, 0.1) is 0 Å². The van der Waals surface area contributed by atoms with Gasteiger partial charge in [-0.25, -0.2) is 4.98 Å². The number of aromatic nitrogens is 4. The van der Waals surface area contributed by atoms with Crippen LogP contribution in [0.1, 0.15) is 0 Å². The van der Waals surface area contributed by atoms with Crippen molar-refractivity contribution in [2.45, 2.75) is 0 Å². The number of fused-ring (bicyclic) bond motifs is 11. The number of rotatable bonds is 2. The Balaban J connectivity index is 1.47. The van der Waals surface area contributed by atoms with E-state index in [1.54, 1.807) is 6.20 Å². The van der Waals surface area contributed by atoms with Gasteiger partial charge in [-0.15, -0.1) is 0 Å². The minimum absolute atomic E-state index is 0.890. The number of pyridine rings is 3. The summed E-state index contributed by atoms with van der Waals surface area (Å²) in [4.78, 5) is 9.21. The fraction of sp³-hybridized carbons (Fsp3) is 0. The molecule has 4 heteroatoms. The molecule has 0 saturated heterocycles. The van der Waals surface area contributed by atoms with Gasteiger partial charge in [0.2, 0.25) is 0 Å². The summed E-state index contributed by atoms with van der Waals surface area (Å²) in [5.41, 5.74) is 8.07. The topological polar surface area (TPSA) is 35.1 Å². The molecule has 0 bridgehead atoms. The largest absolute Gasteiger partial charge is 0.309 e. The second kappa shape index (κ2) is 8.01. The summed E-state index contributed by atoms with van der Waals surface area (Å²) in [6.07, 6.45) is 5.60. The molecule has 0 saturated carbocycles. The van der Waals surface area contributed by atoms with Crippen LogP contribution in [0.3, 0.4) is 0 Å². The summed E-state index contributed by atoms with van der Waals surface area (Å²) in [5.74, 6) is 0.890. The normalized spacial score (nSPS) is 12.0. The van der Waals surface area contributed by atoms with Crippen LogP contribution in [0.15, 0.2) is 134 Å². The first-order valence-electron chi connectivity index (χ1n) is 13.5. The molecule has 9 rings (SSSR count). The Labute approximate surface area is 229 Å². The Hall–Kier alpha value is -5.48. The van der Waals surface area contributed by atoms with Crippen LogP contribution >= 0.6 is 0 Å². The molecular formula is C36H22N4. The zero-order valence-electron chi connectivity index (χ0n) is 21.5. The van der Waals surface area contributed by atoms with Gasteiger partial charge in [0.25, 0.3) is 0 Å². The van der Waals surface area contributed by atoms with Crippen LogP contribution < -0.4 is 0 Å². The molecule has 0 radical (unpaired) electrons. The number of benzene rings is 4. The van der Waals surface area contributed by atoms with Crippen LogP contribution in [0.25, 0.3) is 76.8 Å². The van der Waals surface area contributed by atoms with E-state index in [1.165, 1.54) is 48.9 Å². The van der Waals surface area contributed by atoms with E-state index in [4.69, 9.17) is 4.98 Å². The van der Waals surface area contributed by atoms with Crippen LogP contribution in [-0.2, 0) is 0 Å². The lowest BCUT2D eigenvalue weighted by atomic mass is 10.0. The van der Waals surface area contributed by atoms with E-state index in [0.717, 1.165) is 28.0 Å². The molecule has 9 aromatic rings. The van der Waals surface area contributed by atoms with Crippen molar-refractivity contribution in [3.63, 3.8) is 0 Å². The smallest absolute Gasteiger partial charge is 0.138 e. The molecule has 4 aromatic carbocycles. The third-order valence-electron chi connectivity index (χ3n) is 8.20. The number of hydrogen-bond donors (Lipinski definition) is 0. The third kappa shape index (κ3) is 2.90. The van der Waals surface area contributed by atoms with E-state index >= 15 is 0 Å². The molecule has 0 aliphatic heterocycles. The molecule has 0 atom stereocenters. The molecule has 0 aliphatic rings. The van der Waals surface area contributed by atoms with Gasteiger partial charge < -0.3 is 4.40 Å². The molecule has 4 nitrogen and oxygen atoms in total. The predicted octanol–water partition coefficient (Wildman–Crippen LogP) is 8.95. The quantitative estimate of drug-likeness (QED) is 0.218. The second-order valence-electron chi connectivity index (χ2n) is 10.4. The highest BCUT2D eigenvalue weighted by Gasteiger charge is 2.18. The molecule has 40 heavy (non-hydrogen) atoms. The molecule has 0 unspecified atom stereocenters. The van der Waals surface area contributed by atoms with E-state index in [-0.39, 0.29) is 0 Å². The van der Waals surface area contributed by atoms with Gasteiger partial charge in [0, 0.05) is 51.1 Å². The van der Waals surface area contributed by atoms with E-state index in [1.807, 2.05) is 24.5 Å². The lowest BCUT2D eigenvalue weighted by molar-refractivity contribution is 1.08. The summed E-state index contributed by atoms with van der Waals surface area (Å²) in [5, 5.41) is 7.46. The van der Waals surface area contributed by atoms with Gasteiger partial charge in [0.05, 0.1) is 27.6 Å².